The molecule has 1 saturated heterocycles. The Bertz CT molecular complexity index is 786. The third-order valence-corrected chi connectivity index (χ3v) is 11.2. The fraction of sp³-hybridized carbons (Fsp3) is 0.864. The lowest BCUT2D eigenvalue weighted by Gasteiger charge is -2.37. The predicted molar refractivity (Wildman–Crippen MR) is 116 cm³/mol. The van der Waals surface area contributed by atoms with Crippen molar-refractivity contribution < 1.29 is 27.4 Å². The second-order valence-electron chi connectivity index (χ2n) is 10.0. The van der Waals surface area contributed by atoms with Gasteiger partial charge in [0.1, 0.15) is 23.1 Å². The van der Waals surface area contributed by atoms with Gasteiger partial charge in [0.05, 0.1) is 28.7 Å². The summed E-state index contributed by atoms with van der Waals surface area (Å²) in [6, 6.07) is 0. The highest BCUT2D eigenvalue weighted by Gasteiger charge is 2.64. The van der Waals surface area contributed by atoms with E-state index in [1.54, 1.807) is 0 Å². The zero-order chi connectivity index (χ0) is 22.2. The molecule has 3 saturated carbocycles. The molecule has 1 heterocycles. The van der Waals surface area contributed by atoms with Gasteiger partial charge in [-0.2, -0.15) is 0 Å². The van der Waals surface area contributed by atoms with Crippen molar-refractivity contribution in [3.05, 3.63) is 0 Å². The Balaban J connectivity index is 0.000000171. The summed E-state index contributed by atoms with van der Waals surface area (Å²) < 4.78 is 32.7. The van der Waals surface area contributed by atoms with Gasteiger partial charge in [0.25, 0.3) is 0 Å². The molecule has 2 unspecified atom stereocenters. The van der Waals surface area contributed by atoms with Gasteiger partial charge in [-0.05, 0) is 47.9 Å². The molecule has 0 aromatic carbocycles. The zero-order valence-corrected chi connectivity index (χ0v) is 19.7. The summed E-state index contributed by atoms with van der Waals surface area (Å²) in [7, 11) is -4.09. The number of ketones is 3. The molecular weight excluding hydrogens is 424 g/mol. The van der Waals surface area contributed by atoms with E-state index < -0.39 is 21.3 Å². The van der Waals surface area contributed by atoms with Crippen molar-refractivity contribution in [2.45, 2.75) is 71.6 Å². The van der Waals surface area contributed by atoms with E-state index in [2.05, 4.69) is 0 Å². The van der Waals surface area contributed by atoms with E-state index in [1.165, 1.54) is 12.8 Å². The number of Topliss-reactive ketones (excluding diaryl/α,β-unsaturated/α-hetero) is 3. The van der Waals surface area contributed by atoms with Crippen LogP contribution < -0.4 is 0 Å². The highest BCUT2D eigenvalue weighted by Crippen LogP contribution is 2.64. The first-order chi connectivity index (χ1) is 13.9. The summed E-state index contributed by atoms with van der Waals surface area (Å²) in [6.07, 6.45) is 8.04. The van der Waals surface area contributed by atoms with Crippen LogP contribution in [0.1, 0.15) is 71.6 Å². The molecular formula is C22H34O6S2. The molecule has 4 aliphatic rings. The molecule has 0 aromatic heterocycles. The van der Waals surface area contributed by atoms with Crippen molar-refractivity contribution in [2.24, 2.45) is 22.7 Å². The fourth-order valence-corrected chi connectivity index (χ4v) is 9.31. The molecule has 8 heteroatoms. The fourth-order valence-electron chi connectivity index (χ4n) is 5.86. The van der Waals surface area contributed by atoms with Crippen molar-refractivity contribution in [3.63, 3.8) is 0 Å². The van der Waals surface area contributed by atoms with Crippen molar-refractivity contribution in [1.82, 2.24) is 0 Å². The van der Waals surface area contributed by atoms with E-state index in [-0.39, 0.29) is 28.0 Å². The second kappa shape index (κ2) is 9.02. The van der Waals surface area contributed by atoms with Crippen molar-refractivity contribution in [2.75, 3.05) is 23.0 Å². The van der Waals surface area contributed by atoms with Crippen molar-refractivity contribution in [1.29, 1.82) is 0 Å². The van der Waals surface area contributed by atoms with E-state index in [4.69, 9.17) is 0 Å². The quantitative estimate of drug-likeness (QED) is 0.463. The number of hydrogen-bond acceptors (Lipinski definition) is 6. The third-order valence-electron chi connectivity index (χ3n) is 8.06. The van der Waals surface area contributed by atoms with E-state index in [0.29, 0.717) is 30.3 Å². The first-order valence-electron chi connectivity index (χ1n) is 11.1. The standard InChI is InChI=1S/C12H19O2S.C10H16O4S/c13-11-5-7-15(8-6-11)9-12(14)10-3-1-2-4-10;1-9(2)7-3-4-10(9,8(11)5-7)6-15(12,13)14/h10H,1-9H2;7H,3-6H2,1-2H3,(H,12,13,14)/q+1;/p-1. The lowest BCUT2D eigenvalue weighted by atomic mass is 9.70. The molecule has 0 spiro atoms. The smallest absolute Gasteiger partial charge is 0.184 e. The minimum absolute atomic E-state index is 0.0248. The average molecular weight is 459 g/mol. The van der Waals surface area contributed by atoms with E-state index in [1.807, 2.05) is 13.8 Å². The number of rotatable bonds is 5. The normalized spacial score (nSPS) is 31.6. The largest absolute Gasteiger partial charge is 0.748 e. The van der Waals surface area contributed by atoms with Gasteiger partial charge in [0, 0.05) is 17.8 Å². The summed E-state index contributed by atoms with van der Waals surface area (Å²) in [5.74, 6) is 3.72. The molecule has 30 heavy (non-hydrogen) atoms. The molecule has 0 radical (unpaired) electrons. The van der Waals surface area contributed by atoms with Gasteiger partial charge >= 0.3 is 0 Å². The van der Waals surface area contributed by atoms with E-state index in [9.17, 15) is 27.4 Å². The molecule has 0 aromatic rings. The van der Waals surface area contributed by atoms with Crippen LogP contribution in [0.15, 0.2) is 0 Å². The van der Waals surface area contributed by atoms with Crippen molar-refractivity contribution >= 4 is 38.4 Å². The maximum atomic E-state index is 11.9. The lowest BCUT2D eigenvalue weighted by Crippen LogP contribution is -2.42. The molecule has 2 atom stereocenters. The van der Waals surface area contributed by atoms with Gasteiger partial charge in [-0.1, -0.05) is 26.7 Å². The van der Waals surface area contributed by atoms with Crippen LogP contribution in [0.2, 0.25) is 0 Å². The van der Waals surface area contributed by atoms with Gasteiger partial charge in [-0.15, -0.1) is 0 Å². The number of fused-ring (bicyclic) bond motifs is 2. The minimum atomic E-state index is -4.33. The minimum Gasteiger partial charge on any atom is -0.748 e. The van der Waals surface area contributed by atoms with Crippen LogP contribution in [0.25, 0.3) is 0 Å². The zero-order valence-electron chi connectivity index (χ0n) is 18.1. The maximum absolute atomic E-state index is 11.9. The Hall–Kier alpha value is -0.730. The summed E-state index contributed by atoms with van der Waals surface area (Å²) in [5, 5.41) is 0. The van der Waals surface area contributed by atoms with Crippen LogP contribution in [-0.2, 0) is 35.4 Å². The van der Waals surface area contributed by atoms with E-state index in [0.717, 1.165) is 49.4 Å². The Morgan fingerprint density at radius 3 is 2.17 bits per heavy atom. The van der Waals surface area contributed by atoms with Crippen LogP contribution in [0, 0.1) is 22.7 Å². The molecule has 3 aliphatic carbocycles. The Morgan fingerprint density at radius 1 is 1.10 bits per heavy atom. The maximum Gasteiger partial charge on any atom is 0.184 e. The molecule has 0 amide bonds. The molecule has 1 aliphatic heterocycles. The molecule has 170 valence electrons. The lowest BCUT2D eigenvalue weighted by molar-refractivity contribution is -0.128. The van der Waals surface area contributed by atoms with Gasteiger partial charge in [0.2, 0.25) is 0 Å². The summed E-state index contributed by atoms with van der Waals surface area (Å²) in [6.45, 7) is 3.83. The van der Waals surface area contributed by atoms with Crippen LogP contribution in [0.5, 0.6) is 0 Å². The van der Waals surface area contributed by atoms with Gasteiger partial charge in [-0.3, -0.25) is 14.4 Å². The van der Waals surface area contributed by atoms with Crippen LogP contribution in [0.4, 0.5) is 0 Å². The summed E-state index contributed by atoms with van der Waals surface area (Å²) in [5.41, 5.74) is -1.22. The second-order valence-corrected chi connectivity index (χ2v) is 13.8. The SMILES string of the molecule is CC1(C)C2CCC1(CS(=O)(=O)[O-])C(=O)C2.O=C1CC[S+](CC(=O)C2CCCC2)CC1. The third kappa shape index (κ3) is 5.01. The number of carbonyl (C=O) groups excluding carboxylic acids is 3. The van der Waals surface area contributed by atoms with Crippen LogP contribution >= 0.6 is 0 Å². The van der Waals surface area contributed by atoms with Gasteiger partial charge < -0.3 is 4.55 Å². The first kappa shape index (κ1) is 23.9. The monoisotopic (exact) mass is 458 g/mol. The Morgan fingerprint density at radius 2 is 1.70 bits per heavy atom. The molecule has 6 nitrogen and oxygen atoms in total. The molecule has 2 bridgehead atoms. The Kier molecular flexibility index (Phi) is 7.20. The number of hydrogen-bond donors (Lipinski definition) is 0. The Labute approximate surface area is 183 Å². The van der Waals surface area contributed by atoms with E-state index >= 15 is 0 Å². The van der Waals surface area contributed by atoms with Gasteiger partial charge in [-0.25, -0.2) is 8.42 Å². The predicted octanol–water partition coefficient (Wildman–Crippen LogP) is 2.65. The van der Waals surface area contributed by atoms with Crippen LogP contribution in [-0.4, -0.2) is 53.3 Å². The highest BCUT2D eigenvalue weighted by atomic mass is 32.2. The molecule has 0 N–H and O–H groups in total. The van der Waals surface area contributed by atoms with Gasteiger partial charge in [0.15, 0.2) is 11.5 Å². The molecule has 4 fully saturated rings. The highest BCUT2D eigenvalue weighted by molar-refractivity contribution is 7.97. The summed E-state index contributed by atoms with van der Waals surface area (Å²) >= 11 is 0. The molecule has 4 rings (SSSR count). The first-order valence-corrected chi connectivity index (χ1v) is 14.4. The topological polar surface area (TPSA) is 108 Å². The number of carbonyl (C=O) groups is 3. The average Bonchev–Trinajstić information content (AvgIpc) is 3.30. The van der Waals surface area contributed by atoms with Crippen LogP contribution in [0.3, 0.4) is 0 Å². The summed E-state index contributed by atoms with van der Waals surface area (Å²) in [4.78, 5) is 34.8. The van der Waals surface area contributed by atoms with Crippen molar-refractivity contribution in [3.8, 4) is 0 Å².